The summed E-state index contributed by atoms with van der Waals surface area (Å²) < 4.78 is 31.6. The number of nitrogens with one attached hydrogen (secondary N) is 1. The zero-order chi connectivity index (χ0) is 10.5. The van der Waals surface area contributed by atoms with E-state index in [1.165, 1.54) is 24.3 Å². The van der Waals surface area contributed by atoms with Gasteiger partial charge in [-0.05, 0) is 24.3 Å². The number of allylic oxidation sites excluding steroid dienone is 4. The second-order valence-corrected chi connectivity index (χ2v) is 2.87. The second kappa shape index (κ2) is 4.65. The number of carbonyl (C=O) groups is 1. The summed E-state index contributed by atoms with van der Waals surface area (Å²) in [5, 5.41) is 6.95. The summed E-state index contributed by atoms with van der Waals surface area (Å²) in [5.74, 6) is -0.0407. The monoisotopic (exact) mass is 205 g/mol. The maximum absolute atomic E-state index is 10.3. The topological polar surface area (TPSA) is 116 Å². The predicted molar refractivity (Wildman–Crippen MR) is 45.2 cm³/mol. The first-order valence-electron chi connectivity index (χ1n) is 2.97. The molecule has 0 saturated carbocycles. The molecule has 0 aromatic carbocycles. The lowest BCUT2D eigenvalue weighted by Crippen LogP contribution is -1.96. The minimum atomic E-state index is -4.67. The maximum Gasteiger partial charge on any atom is 0.394 e. The molecule has 7 heteroatoms. The highest BCUT2D eigenvalue weighted by atomic mass is 32.3. The van der Waals surface area contributed by atoms with Crippen molar-refractivity contribution in [3.05, 3.63) is 24.3 Å². The first-order chi connectivity index (χ1) is 5.79. The molecular formula is C6H7NO5S. The molecule has 1 rings (SSSR count). The van der Waals surface area contributed by atoms with Crippen LogP contribution in [-0.4, -0.2) is 29.0 Å². The summed E-state index contributed by atoms with van der Waals surface area (Å²) in [4.78, 5) is 10.3. The Balaban J connectivity index is 0.000000252. The molecule has 0 aromatic rings. The van der Waals surface area contributed by atoms with Crippen molar-refractivity contribution in [2.75, 3.05) is 0 Å². The van der Waals surface area contributed by atoms with E-state index in [2.05, 4.69) is 0 Å². The van der Waals surface area contributed by atoms with Crippen LogP contribution in [0.3, 0.4) is 0 Å². The molecule has 0 atom stereocenters. The largest absolute Gasteiger partial charge is 0.394 e. The number of carbonyl (C=O) groups excluding carboxylic acids is 1. The fourth-order valence-corrected chi connectivity index (χ4v) is 0.455. The van der Waals surface area contributed by atoms with E-state index in [0.717, 1.165) is 0 Å². The molecule has 0 amide bonds. The third kappa shape index (κ3) is 10.7. The minimum Gasteiger partial charge on any atom is -0.301 e. The van der Waals surface area contributed by atoms with Crippen LogP contribution in [0.2, 0.25) is 0 Å². The first-order valence-corrected chi connectivity index (χ1v) is 4.37. The van der Waals surface area contributed by atoms with Crippen LogP contribution in [0, 0.1) is 5.41 Å². The Morgan fingerprint density at radius 1 is 1.08 bits per heavy atom. The summed E-state index contributed by atoms with van der Waals surface area (Å²) >= 11 is 0. The molecule has 72 valence electrons. The molecule has 0 aromatic heterocycles. The van der Waals surface area contributed by atoms with Crippen LogP contribution in [-0.2, 0) is 15.2 Å². The Kier molecular flexibility index (Phi) is 4.18. The van der Waals surface area contributed by atoms with Crippen molar-refractivity contribution in [2.24, 2.45) is 0 Å². The summed E-state index contributed by atoms with van der Waals surface area (Å²) in [6.45, 7) is 0. The normalized spacial score (nSPS) is 15.2. The van der Waals surface area contributed by atoms with Crippen molar-refractivity contribution < 1.29 is 22.3 Å². The van der Waals surface area contributed by atoms with Gasteiger partial charge in [0.25, 0.3) is 0 Å². The molecule has 0 saturated heterocycles. The predicted octanol–water partition coefficient (Wildman–Crippen LogP) is 0.0485. The maximum atomic E-state index is 10.3. The van der Waals surface area contributed by atoms with Crippen molar-refractivity contribution in [1.82, 2.24) is 0 Å². The van der Waals surface area contributed by atoms with Gasteiger partial charge in [0.2, 0.25) is 0 Å². The van der Waals surface area contributed by atoms with E-state index < -0.39 is 10.4 Å². The first kappa shape index (κ1) is 11.7. The molecule has 0 spiro atoms. The lowest BCUT2D eigenvalue weighted by atomic mass is 10.2. The minimum absolute atomic E-state index is 0.0407. The lowest BCUT2D eigenvalue weighted by Gasteiger charge is -1.90. The lowest BCUT2D eigenvalue weighted by molar-refractivity contribution is -0.110. The second-order valence-electron chi connectivity index (χ2n) is 1.97. The van der Waals surface area contributed by atoms with Gasteiger partial charge in [0, 0.05) is 0 Å². The van der Waals surface area contributed by atoms with E-state index in [1.54, 1.807) is 0 Å². The van der Waals surface area contributed by atoms with Gasteiger partial charge in [0.1, 0.15) is 0 Å². The average Bonchev–Trinajstić information content (AvgIpc) is 1.92. The molecule has 13 heavy (non-hydrogen) atoms. The Hall–Kier alpha value is -1.31. The van der Waals surface area contributed by atoms with E-state index in [-0.39, 0.29) is 5.78 Å². The summed E-state index contributed by atoms with van der Waals surface area (Å²) in [7, 11) is -4.67. The Labute approximate surface area is 74.7 Å². The highest BCUT2D eigenvalue weighted by Crippen LogP contribution is 1.91. The molecule has 1 aliphatic carbocycles. The van der Waals surface area contributed by atoms with Crippen LogP contribution in [0.15, 0.2) is 24.3 Å². The fourth-order valence-electron chi connectivity index (χ4n) is 0.455. The number of hydrogen-bond acceptors (Lipinski definition) is 4. The van der Waals surface area contributed by atoms with Crippen molar-refractivity contribution >= 4 is 21.9 Å². The van der Waals surface area contributed by atoms with E-state index in [0.29, 0.717) is 5.71 Å². The molecule has 1 aliphatic rings. The smallest absolute Gasteiger partial charge is 0.301 e. The summed E-state index contributed by atoms with van der Waals surface area (Å²) in [6.07, 6.45) is 5.70. The van der Waals surface area contributed by atoms with Crippen LogP contribution in [0.1, 0.15) is 0 Å². The van der Waals surface area contributed by atoms with Gasteiger partial charge in [-0.1, -0.05) is 0 Å². The highest BCUT2D eigenvalue weighted by molar-refractivity contribution is 7.79. The Morgan fingerprint density at radius 3 is 1.62 bits per heavy atom. The van der Waals surface area contributed by atoms with Crippen LogP contribution < -0.4 is 0 Å². The molecule has 0 radical (unpaired) electrons. The fraction of sp³-hybridized carbons (Fsp3) is 0. The SMILES string of the molecule is N=C1C=CC(=O)C=C1.O=S(=O)(O)O. The number of rotatable bonds is 0. The van der Waals surface area contributed by atoms with Crippen molar-refractivity contribution in [2.45, 2.75) is 0 Å². The van der Waals surface area contributed by atoms with Gasteiger partial charge in [-0.3, -0.25) is 13.9 Å². The van der Waals surface area contributed by atoms with E-state index in [1.807, 2.05) is 0 Å². The van der Waals surface area contributed by atoms with E-state index in [9.17, 15) is 4.79 Å². The van der Waals surface area contributed by atoms with Crippen molar-refractivity contribution in [1.29, 1.82) is 5.41 Å². The highest BCUT2D eigenvalue weighted by Gasteiger charge is 1.94. The van der Waals surface area contributed by atoms with Crippen LogP contribution in [0.25, 0.3) is 0 Å². The summed E-state index contributed by atoms with van der Waals surface area (Å²) in [6, 6.07) is 0. The molecule has 0 heterocycles. The van der Waals surface area contributed by atoms with Gasteiger partial charge in [-0.25, -0.2) is 0 Å². The van der Waals surface area contributed by atoms with Gasteiger partial charge in [0.05, 0.1) is 5.71 Å². The van der Waals surface area contributed by atoms with Crippen molar-refractivity contribution in [3.8, 4) is 0 Å². The number of hydrogen-bond donors (Lipinski definition) is 3. The molecule has 0 bridgehead atoms. The quantitative estimate of drug-likeness (QED) is 0.381. The van der Waals surface area contributed by atoms with Crippen LogP contribution in [0.4, 0.5) is 0 Å². The van der Waals surface area contributed by atoms with Gasteiger partial charge in [-0.2, -0.15) is 8.42 Å². The van der Waals surface area contributed by atoms with Gasteiger partial charge >= 0.3 is 10.4 Å². The Morgan fingerprint density at radius 2 is 1.38 bits per heavy atom. The number of ketones is 1. The molecule has 3 N–H and O–H groups in total. The third-order valence-electron chi connectivity index (χ3n) is 0.854. The molecular weight excluding hydrogens is 198 g/mol. The van der Waals surface area contributed by atoms with Crippen molar-refractivity contribution in [3.63, 3.8) is 0 Å². The zero-order valence-electron chi connectivity index (χ0n) is 6.34. The summed E-state index contributed by atoms with van der Waals surface area (Å²) in [5.41, 5.74) is 0.379. The van der Waals surface area contributed by atoms with Crippen LogP contribution in [0.5, 0.6) is 0 Å². The van der Waals surface area contributed by atoms with Gasteiger partial charge < -0.3 is 5.41 Å². The zero-order valence-corrected chi connectivity index (χ0v) is 7.15. The van der Waals surface area contributed by atoms with E-state index >= 15 is 0 Å². The Bertz CT molecular complexity index is 318. The average molecular weight is 205 g/mol. The van der Waals surface area contributed by atoms with E-state index in [4.69, 9.17) is 22.9 Å². The van der Waals surface area contributed by atoms with Gasteiger partial charge in [-0.15, -0.1) is 0 Å². The van der Waals surface area contributed by atoms with Crippen LogP contribution >= 0.6 is 0 Å². The molecule has 0 unspecified atom stereocenters. The third-order valence-corrected chi connectivity index (χ3v) is 0.854. The van der Waals surface area contributed by atoms with Gasteiger partial charge in [0.15, 0.2) is 5.78 Å². The molecule has 0 fully saturated rings. The molecule has 0 aliphatic heterocycles. The standard InChI is InChI=1S/C6H5NO.H2O4S/c7-5-1-3-6(8)4-2-5;1-5(2,3)4/h1-4,7H;(H2,1,2,3,4). The molecule has 6 nitrogen and oxygen atoms in total.